The third-order valence-electron chi connectivity index (χ3n) is 2.25. The Morgan fingerprint density at radius 1 is 1.00 bits per heavy atom. The molecule has 0 spiro atoms. The van der Waals surface area contributed by atoms with Crippen LogP contribution in [0.15, 0.2) is 0 Å². The van der Waals surface area contributed by atoms with Crippen LogP contribution in [0.1, 0.15) is 26.2 Å². The maximum atomic E-state index is 8.72. The Morgan fingerprint density at radius 2 is 1.47 bits per heavy atom. The van der Waals surface area contributed by atoms with Crippen LogP contribution in [0.4, 0.5) is 0 Å². The van der Waals surface area contributed by atoms with Crippen LogP contribution >= 0.6 is 0 Å². The first-order valence-corrected chi connectivity index (χ1v) is 6.10. The second-order valence-electron chi connectivity index (χ2n) is 3.96. The molecule has 0 saturated heterocycles. The Hall–Kier alpha value is -0.240. The molecule has 0 aliphatic heterocycles. The molecule has 0 rings (SSSR count). The van der Waals surface area contributed by atoms with Gasteiger partial charge < -0.3 is 10.2 Å². The number of hydroxylamine groups is 2. The van der Waals surface area contributed by atoms with Gasteiger partial charge in [-0.3, -0.25) is 14.6 Å². The molecule has 0 fully saturated rings. The molecule has 104 valence electrons. The van der Waals surface area contributed by atoms with Gasteiger partial charge in [0.25, 0.3) is 0 Å². The number of hydrogen-bond acceptors (Lipinski definition) is 6. The van der Waals surface area contributed by atoms with E-state index in [0.29, 0.717) is 26.1 Å². The van der Waals surface area contributed by atoms with Crippen LogP contribution in [-0.4, -0.2) is 67.0 Å². The minimum atomic E-state index is 0.0207. The van der Waals surface area contributed by atoms with Gasteiger partial charge in [-0.1, -0.05) is 6.92 Å². The summed E-state index contributed by atoms with van der Waals surface area (Å²) in [6.07, 6.45) is 2.02. The summed E-state index contributed by atoms with van der Waals surface area (Å²) in [5.41, 5.74) is 0. The van der Waals surface area contributed by atoms with E-state index in [-0.39, 0.29) is 19.4 Å². The summed E-state index contributed by atoms with van der Waals surface area (Å²) in [6.45, 7) is 3.08. The molecular formula is C11H26N2O4. The Labute approximate surface area is 104 Å². The highest BCUT2D eigenvalue weighted by Crippen LogP contribution is 2.09. The molecule has 0 bridgehead atoms. The highest BCUT2D eigenvalue weighted by molar-refractivity contribution is 4.55. The van der Waals surface area contributed by atoms with E-state index in [1.807, 2.05) is 25.9 Å². The van der Waals surface area contributed by atoms with E-state index in [4.69, 9.17) is 19.9 Å². The van der Waals surface area contributed by atoms with Crippen molar-refractivity contribution in [3.63, 3.8) is 0 Å². The Morgan fingerprint density at radius 3 is 1.76 bits per heavy atom. The summed E-state index contributed by atoms with van der Waals surface area (Å²) in [6, 6.07) is 0. The van der Waals surface area contributed by atoms with Crippen LogP contribution in [0.25, 0.3) is 0 Å². The molecule has 1 atom stereocenters. The molecule has 6 heteroatoms. The zero-order chi connectivity index (χ0) is 13.1. The summed E-state index contributed by atoms with van der Waals surface area (Å²) >= 11 is 0. The normalized spacial score (nSPS) is 13.6. The third kappa shape index (κ3) is 7.64. The van der Waals surface area contributed by atoms with Gasteiger partial charge in [0, 0.05) is 13.2 Å². The number of aliphatic hydroxyl groups is 2. The maximum Gasteiger partial charge on any atom is 0.114 e. The van der Waals surface area contributed by atoms with Gasteiger partial charge in [-0.15, -0.1) is 0 Å². The fraction of sp³-hybridized carbons (Fsp3) is 1.00. The molecule has 17 heavy (non-hydrogen) atoms. The second kappa shape index (κ2) is 10.9. The molecule has 2 N–H and O–H groups in total. The molecule has 0 saturated carbocycles. The molecule has 6 nitrogen and oxygen atoms in total. The van der Waals surface area contributed by atoms with E-state index in [9.17, 15) is 0 Å². The van der Waals surface area contributed by atoms with E-state index >= 15 is 0 Å². The predicted octanol–water partition coefficient (Wildman–Crippen LogP) is 0.214. The van der Waals surface area contributed by atoms with Crippen molar-refractivity contribution in [3.8, 4) is 0 Å². The standard InChI is InChI=1S/C11H26N2O4/c1-4-11(12(2)3)13(16-9-5-7-14)17-10-6-8-15/h11,14-15H,4-10H2,1-3H3. The minimum Gasteiger partial charge on any atom is -0.396 e. The third-order valence-corrected chi connectivity index (χ3v) is 2.25. The SMILES string of the molecule is CCC(N(C)C)N(OCCCO)OCCCO. The molecule has 0 aromatic heterocycles. The van der Waals surface area contributed by atoms with Gasteiger partial charge in [0.05, 0.1) is 13.2 Å². The van der Waals surface area contributed by atoms with Crippen LogP contribution in [0.5, 0.6) is 0 Å². The number of rotatable bonds is 11. The zero-order valence-electron chi connectivity index (χ0n) is 11.1. The van der Waals surface area contributed by atoms with Crippen molar-refractivity contribution in [1.82, 2.24) is 10.1 Å². The van der Waals surface area contributed by atoms with Crippen LogP contribution in [0.2, 0.25) is 0 Å². The second-order valence-corrected chi connectivity index (χ2v) is 3.96. The topological polar surface area (TPSA) is 65.4 Å². The fourth-order valence-corrected chi connectivity index (χ4v) is 1.35. The monoisotopic (exact) mass is 250 g/mol. The first kappa shape index (κ1) is 16.8. The summed E-state index contributed by atoms with van der Waals surface area (Å²) in [5.74, 6) is 0. The number of aliphatic hydroxyl groups excluding tert-OH is 2. The van der Waals surface area contributed by atoms with E-state index < -0.39 is 0 Å². The van der Waals surface area contributed by atoms with E-state index in [1.54, 1.807) is 0 Å². The molecule has 0 aliphatic carbocycles. The summed E-state index contributed by atoms with van der Waals surface area (Å²) in [4.78, 5) is 12.9. The Kier molecular flexibility index (Phi) is 10.7. The largest absolute Gasteiger partial charge is 0.396 e. The van der Waals surface area contributed by atoms with Crippen LogP contribution < -0.4 is 0 Å². The van der Waals surface area contributed by atoms with Crippen molar-refractivity contribution in [2.45, 2.75) is 32.4 Å². The molecule has 0 aliphatic rings. The van der Waals surface area contributed by atoms with Gasteiger partial charge in [0.1, 0.15) is 6.17 Å². The average Bonchev–Trinajstić information content (AvgIpc) is 2.29. The first-order valence-electron chi connectivity index (χ1n) is 6.10. The van der Waals surface area contributed by atoms with Crippen LogP contribution in [0.3, 0.4) is 0 Å². The Balaban J connectivity index is 4.15. The molecule has 0 radical (unpaired) electrons. The Bertz CT molecular complexity index is 160. The van der Waals surface area contributed by atoms with Crippen molar-refractivity contribution in [1.29, 1.82) is 0 Å². The average molecular weight is 250 g/mol. The molecule has 0 aromatic carbocycles. The van der Waals surface area contributed by atoms with Gasteiger partial charge in [-0.05, 0) is 38.6 Å². The zero-order valence-corrected chi connectivity index (χ0v) is 11.1. The van der Waals surface area contributed by atoms with Gasteiger partial charge in [0.2, 0.25) is 0 Å². The van der Waals surface area contributed by atoms with Crippen molar-refractivity contribution < 1.29 is 19.9 Å². The summed E-state index contributed by atoms with van der Waals surface area (Å²) in [5, 5.41) is 18.9. The lowest BCUT2D eigenvalue weighted by Crippen LogP contribution is -2.45. The van der Waals surface area contributed by atoms with Crippen molar-refractivity contribution in [3.05, 3.63) is 0 Å². The smallest absolute Gasteiger partial charge is 0.114 e. The number of hydrogen-bond donors (Lipinski definition) is 2. The van der Waals surface area contributed by atoms with Gasteiger partial charge in [0.15, 0.2) is 0 Å². The summed E-state index contributed by atoms with van der Waals surface area (Å²) < 4.78 is 0. The lowest BCUT2D eigenvalue weighted by Gasteiger charge is -2.32. The molecular weight excluding hydrogens is 224 g/mol. The minimum absolute atomic E-state index is 0.0207. The number of nitrogens with zero attached hydrogens (tertiary/aromatic N) is 2. The quantitative estimate of drug-likeness (QED) is 0.310. The highest BCUT2D eigenvalue weighted by atomic mass is 17.0. The molecule has 0 heterocycles. The van der Waals surface area contributed by atoms with Gasteiger partial charge in [-0.2, -0.15) is 0 Å². The van der Waals surface area contributed by atoms with Crippen LogP contribution in [-0.2, 0) is 9.68 Å². The molecule has 0 aromatic rings. The van der Waals surface area contributed by atoms with E-state index in [1.165, 1.54) is 5.23 Å². The summed E-state index contributed by atoms with van der Waals surface area (Å²) in [7, 11) is 3.90. The van der Waals surface area contributed by atoms with Gasteiger partial charge >= 0.3 is 0 Å². The molecule has 1 unspecified atom stereocenters. The predicted molar refractivity (Wildman–Crippen MR) is 64.9 cm³/mol. The van der Waals surface area contributed by atoms with Crippen molar-refractivity contribution in [2.75, 3.05) is 40.5 Å². The lowest BCUT2D eigenvalue weighted by atomic mass is 10.3. The fourth-order valence-electron chi connectivity index (χ4n) is 1.35. The highest BCUT2D eigenvalue weighted by Gasteiger charge is 2.20. The van der Waals surface area contributed by atoms with E-state index in [0.717, 1.165) is 6.42 Å². The lowest BCUT2D eigenvalue weighted by molar-refractivity contribution is -0.404. The molecule has 0 amide bonds. The maximum absolute atomic E-state index is 8.72. The first-order chi connectivity index (χ1) is 8.17. The van der Waals surface area contributed by atoms with Crippen molar-refractivity contribution in [2.24, 2.45) is 0 Å². The van der Waals surface area contributed by atoms with E-state index in [2.05, 4.69) is 0 Å². The van der Waals surface area contributed by atoms with Gasteiger partial charge in [-0.25, -0.2) is 0 Å². The van der Waals surface area contributed by atoms with Crippen LogP contribution in [0, 0.1) is 0 Å². The van der Waals surface area contributed by atoms with Crippen molar-refractivity contribution >= 4 is 0 Å².